The maximum Gasteiger partial charge on any atom is 0.308 e. The molecule has 0 saturated carbocycles. The topological polar surface area (TPSA) is 59.0 Å². The fourth-order valence-corrected chi connectivity index (χ4v) is 1.87. The highest BCUT2D eigenvalue weighted by atomic mass is 16.5. The van der Waals surface area contributed by atoms with Crippen LogP contribution in [0, 0.1) is 5.92 Å². The Morgan fingerprint density at radius 3 is 2.55 bits per heavy atom. The van der Waals surface area contributed by atoms with E-state index in [-0.39, 0.29) is 0 Å². The first-order valence-corrected chi connectivity index (χ1v) is 6.34. The van der Waals surface area contributed by atoms with Crippen LogP contribution in [0.4, 0.5) is 5.69 Å². The first-order chi connectivity index (χ1) is 9.53. The zero-order valence-electron chi connectivity index (χ0n) is 12.1. The van der Waals surface area contributed by atoms with Gasteiger partial charge in [-0.05, 0) is 12.1 Å². The van der Waals surface area contributed by atoms with Crippen LogP contribution in [0.2, 0.25) is 0 Å². The van der Waals surface area contributed by atoms with Gasteiger partial charge in [0.05, 0.1) is 20.1 Å². The highest BCUT2D eigenvalue weighted by Crippen LogP contribution is 2.31. The molecule has 0 aliphatic carbocycles. The summed E-state index contributed by atoms with van der Waals surface area (Å²) in [5, 5.41) is 9.03. The average Bonchev–Trinajstić information content (AvgIpc) is 2.45. The summed E-state index contributed by atoms with van der Waals surface area (Å²) < 4.78 is 10.5. The molecule has 5 heteroatoms. The largest absolute Gasteiger partial charge is 0.493 e. The second kappa shape index (κ2) is 7.43. The third kappa shape index (κ3) is 3.91. The molecule has 1 unspecified atom stereocenters. The highest BCUT2D eigenvalue weighted by Gasteiger charge is 2.17. The van der Waals surface area contributed by atoms with Crippen molar-refractivity contribution in [1.82, 2.24) is 0 Å². The lowest BCUT2D eigenvalue weighted by atomic mass is 10.1. The number of ether oxygens (including phenoxy) is 2. The number of carboxylic acids is 1. The molecule has 1 aromatic rings. The van der Waals surface area contributed by atoms with Gasteiger partial charge in [-0.15, -0.1) is 6.58 Å². The molecule has 1 N–H and O–H groups in total. The third-order valence-corrected chi connectivity index (χ3v) is 3.00. The van der Waals surface area contributed by atoms with E-state index in [9.17, 15) is 4.79 Å². The Morgan fingerprint density at radius 1 is 1.40 bits per heavy atom. The highest BCUT2D eigenvalue weighted by molar-refractivity contribution is 5.70. The van der Waals surface area contributed by atoms with Crippen molar-refractivity contribution in [2.45, 2.75) is 6.92 Å². The monoisotopic (exact) mass is 279 g/mol. The summed E-state index contributed by atoms with van der Waals surface area (Å²) in [6.45, 7) is 6.35. The first kappa shape index (κ1) is 15.9. The summed E-state index contributed by atoms with van der Waals surface area (Å²) >= 11 is 0. The number of methoxy groups -OCH3 is 2. The molecule has 0 aliphatic rings. The minimum Gasteiger partial charge on any atom is -0.493 e. The molecular formula is C15H21NO4. The van der Waals surface area contributed by atoms with Crippen molar-refractivity contribution in [3.05, 3.63) is 30.9 Å². The van der Waals surface area contributed by atoms with Crippen LogP contribution in [0.3, 0.4) is 0 Å². The second-order valence-corrected chi connectivity index (χ2v) is 4.47. The van der Waals surface area contributed by atoms with Crippen LogP contribution >= 0.6 is 0 Å². The molecule has 0 bridgehead atoms. The molecular weight excluding hydrogens is 258 g/mol. The fourth-order valence-electron chi connectivity index (χ4n) is 1.87. The molecule has 1 aromatic carbocycles. The Balaban J connectivity index is 3.02. The van der Waals surface area contributed by atoms with Crippen LogP contribution in [0.25, 0.3) is 0 Å². The van der Waals surface area contributed by atoms with Crippen molar-refractivity contribution in [2.75, 3.05) is 32.2 Å². The van der Waals surface area contributed by atoms with Crippen LogP contribution in [0.5, 0.6) is 11.5 Å². The number of carboxylic acid groups (broad SMARTS) is 1. The molecule has 20 heavy (non-hydrogen) atoms. The molecule has 5 nitrogen and oxygen atoms in total. The molecule has 0 aromatic heterocycles. The van der Waals surface area contributed by atoms with Crippen LogP contribution in [-0.2, 0) is 4.79 Å². The summed E-state index contributed by atoms with van der Waals surface area (Å²) in [5.41, 5.74) is 0.871. The Bertz CT molecular complexity index is 473. The van der Waals surface area contributed by atoms with Gasteiger partial charge in [0.1, 0.15) is 0 Å². The Hall–Kier alpha value is -2.17. The standard InChI is InChI=1S/C15H21NO4/c1-5-8-16(10-11(2)15(17)18)12-6-7-13(19-3)14(9-12)20-4/h5-7,9,11H,1,8,10H2,2-4H3,(H,17,18). The zero-order valence-corrected chi connectivity index (χ0v) is 12.1. The molecule has 1 atom stereocenters. The van der Waals surface area contributed by atoms with Gasteiger partial charge < -0.3 is 19.5 Å². The molecule has 0 aliphatic heterocycles. The summed E-state index contributed by atoms with van der Waals surface area (Å²) in [7, 11) is 3.14. The Kier molecular flexibility index (Phi) is 5.90. The molecule has 0 heterocycles. The predicted molar refractivity (Wildman–Crippen MR) is 78.8 cm³/mol. The summed E-state index contributed by atoms with van der Waals surface area (Å²) in [6.07, 6.45) is 1.74. The number of aliphatic carboxylic acids is 1. The zero-order chi connectivity index (χ0) is 15.1. The van der Waals surface area contributed by atoms with Crippen LogP contribution in [0.1, 0.15) is 6.92 Å². The van der Waals surface area contributed by atoms with E-state index in [1.165, 1.54) is 0 Å². The van der Waals surface area contributed by atoms with Gasteiger partial charge in [0, 0.05) is 24.8 Å². The van der Waals surface area contributed by atoms with Crippen LogP contribution in [0.15, 0.2) is 30.9 Å². The van der Waals surface area contributed by atoms with Gasteiger partial charge in [0.2, 0.25) is 0 Å². The molecule has 0 spiro atoms. The minimum absolute atomic E-state index is 0.400. The van der Waals surface area contributed by atoms with E-state index in [4.69, 9.17) is 14.6 Å². The number of carbonyl (C=O) groups is 1. The Labute approximate surface area is 119 Å². The second-order valence-electron chi connectivity index (χ2n) is 4.47. The first-order valence-electron chi connectivity index (χ1n) is 6.34. The van der Waals surface area contributed by atoms with E-state index in [0.29, 0.717) is 24.6 Å². The molecule has 0 amide bonds. The van der Waals surface area contributed by atoms with E-state index in [1.807, 2.05) is 17.0 Å². The lowest BCUT2D eigenvalue weighted by Gasteiger charge is -2.26. The number of hydrogen-bond acceptors (Lipinski definition) is 4. The van der Waals surface area contributed by atoms with Crippen molar-refractivity contribution in [3.63, 3.8) is 0 Å². The van der Waals surface area contributed by atoms with E-state index in [1.54, 1.807) is 33.3 Å². The van der Waals surface area contributed by atoms with Crippen LogP contribution < -0.4 is 14.4 Å². The molecule has 1 rings (SSSR count). The van der Waals surface area contributed by atoms with Crippen molar-refractivity contribution < 1.29 is 19.4 Å². The summed E-state index contributed by atoms with van der Waals surface area (Å²) in [4.78, 5) is 12.9. The minimum atomic E-state index is -0.820. The predicted octanol–water partition coefficient (Wildman–Crippen LogP) is 2.42. The lowest BCUT2D eigenvalue weighted by Crippen LogP contribution is -2.32. The number of nitrogens with zero attached hydrogens (tertiary/aromatic N) is 1. The maximum absolute atomic E-state index is 11.0. The number of anilines is 1. The van der Waals surface area contributed by atoms with E-state index < -0.39 is 11.9 Å². The van der Waals surface area contributed by atoms with Gasteiger partial charge in [-0.1, -0.05) is 13.0 Å². The number of rotatable bonds is 8. The maximum atomic E-state index is 11.0. The average molecular weight is 279 g/mol. The molecule has 0 fully saturated rings. The van der Waals surface area contributed by atoms with Gasteiger partial charge in [-0.2, -0.15) is 0 Å². The smallest absolute Gasteiger partial charge is 0.308 e. The normalized spacial score (nSPS) is 11.6. The molecule has 0 radical (unpaired) electrons. The van der Waals surface area contributed by atoms with E-state index >= 15 is 0 Å². The van der Waals surface area contributed by atoms with Gasteiger partial charge in [-0.3, -0.25) is 4.79 Å². The van der Waals surface area contributed by atoms with E-state index in [0.717, 1.165) is 5.69 Å². The van der Waals surface area contributed by atoms with Gasteiger partial charge >= 0.3 is 5.97 Å². The van der Waals surface area contributed by atoms with Gasteiger partial charge in [0.25, 0.3) is 0 Å². The third-order valence-electron chi connectivity index (χ3n) is 3.00. The lowest BCUT2D eigenvalue weighted by molar-refractivity contribution is -0.140. The van der Waals surface area contributed by atoms with Crippen molar-refractivity contribution in [2.24, 2.45) is 5.92 Å². The molecule has 110 valence electrons. The Morgan fingerprint density at radius 2 is 2.05 bits per heavy atom. The van der Waals surface area contributed by atoms with Crippen molar-refractivity contribution >= 4 is 11.7 Å². The SMILES string of the molecule is C=CCN(CC(C)C(=O)O)c1ccc(OC)c(OC)c1. The fraction of sp³-hybridized carbons (Fsp3) is 0.400. The van der Waals surface area contributed by atoms with Crippen LogP contribution in [-0.4, -0.2) is 38.4 Å². The van der Waals surface area contributed by atoms with Crippen molar-refractivity contribution in [1.29, 1.82) is 0 Å². The quantitative estimate of drug-likeness (QED) is 0.741. The van der Waals surface area contributed by atoms with Gasteiger partial charge in [-0.25, -0.2) is 0 Å². The summed E-state index contributed by atoms with van der Waals surface area (Å²) in [5.74, 6) is -0.0364. The number of hydrogen-bond donors (Lipinski definition) is 1. The van der Waals surface area contributed by atoms with E-state index in [2.05, 4.69) is 6.58 Å². The number of benzene rings is 1. The summed E-state index contributed by atoms with van der Waals surface area (Å²) in [6, 6.07) is 5.51. The van der Waals surface area contributed by atoms with Crippen molar-refractivity contribution in [3.8, 4) is 11.5 Å². The van der Waals surface area contributed by atoms with Gasteiger partial charge in [0.15, 0.2) is 11.5 Å². The molecule has 0 saturated heterocycles.